The van der Waals surface area contributed by atoms with Gasteiger partial charge >= 0.3 is 0 Å². The average Bonchev–Trinajstić information content (AvgIpc) is 2.96. The van der Waals surface area contributed by atoms with Crippen LogP contribution in [0.25, 0.3) is 0 Å². The minimum atomic E-state index is -0.155. The van der Waals surface area contributed by atoms with Crippen LogP contribution in [0, 0.1) is 11.8 Å². The first-order valence-corrected chi connectivity index (χ1v) is 7.12. The molecular formula is C12H14Cl2N4O. The third-order valence-corrected chi connectivity index (χ3v) is 4.76. The van der Waals surface area contributed by atoms with Crippen molar-refractivity contribution in [3.63, 3.8) is 0 Å². The molecule has 19 heavy (non-hydrogen) atoms. The number of hydrogen-bond acceptors (Lipinski definition) is 4. The molecule has 7 heteroatoms. The van der Waals surface area contributed by atoms with Crippen LogP contribution >= 0.6 is 23.2 Å². The highest BCUT2D eigenvalue weighted by atomic mass is 35.5. The van der Waals surface area contributed by atoms with E-state index in [9.17, 15) is 4.79 Å². The lowest BCUT2D eigenvalue weighted by molar-refractivity contribution is -0.118. The molecule has 3 rings (SSSR count). The maximum absolute atomic E-state index is 12.3. The first kappa shape index (κ1) is 13.1. The Morgan fingerprint density at radius 1 is 1.37 bits per heavy atom. The zero-order chi connectivity index (χ0) is 13.4. The van der Waals surface area contributed by atoms with E-state index in [4.69, 9.17) is 23.2 Å². The van der Waals surface area contributed by atoms with Gasteiger partial charge in [0, 0.05) is 0 Å². The van der Waals surface area contributed by atoms with Gasteiger partial charge in [-0.15, -0.1) is 0 Å². The number of nitrogens with one attached hydrogen (secondary N) is 2. The summed E-state index contributed by atoms with van der Waals surface area (Å²) in [6.45, 7) is 0.918. The lowest BCUT2D eigenvalue weighted by atomic mass is 9.94. The fraction of sp³-hybridized carbons (Fsp3) is 0.583. The number of anilines is 1. The minimum Gasteiger partial charge on any atom is -0.308 e. The molecule has 1 amide bonds. The SMILES string of the molecule is O=C(Nc1ncnc(Cl)c1Cl)C1NCC2CCCC21. The van der Waals surface area contributed by atoms with Crippen LogP contribution in [0.3, 0.4) is 0 Å². The van der Waals surface area contributed by atoms with Gasteiger partial charge in [0.05, 0.1) is 6.04 Å². The Kier molecular flexibility index (Phi) is 3.60. The van der Waals surface area contributed by atoms with Crippen LogP contribution in [0.1, 0.15) is 19.3 Å². The first-order valence-electron chi connectivity index (χ1n) is 6.37. The van der Waals surface area contributed by atoms with Gasteiger partial charge in [-0.2, -0.15) is 0 Å². The lowest BCUT2D eigenvalue weighted by Crippen LogP contribution is -2.40. The molecule has 5 nitrogen and oxygen atoms in total. The Balaban J connectivity index is 1.73. The first-order chi connectivity index (χ1) is 9.16. The molecule has 1 aliphatic heterocycles. The molecule has 0 radical (unpaired) electrons. The molecule has 0 bridgehead atoms. The molecule has 2 fully saturated rings. The van der Waals surface area contributed by atoms with E-state index < -0.39 is 0 Å². The van der Waals surface area contributed by atoms with E-state index in [0.717, 1.165) is 13.0 Å². The summed E-state index contributed by atoms with van der Waals surface area (Å²) < 4.78 is 0. The molecule has 1 aliphatic carbocycles. The largest absolute Gasteiger partial charge is 0.308 e. The standard InChI is InChI=1S/C12H14Cl2N4O/c13-8-10(14)16-5-17-11(8)18-12(19)9-7-3-1-2-6(7)4-15-9/h5-7,9,15H,1-4H2,(H,16,17,18,19). The van der Waals surface area contributed by atoms with Gasteiger partial charge in [0.1, 0.15) is 11.3 Å². The van der Waals surface area contributed by atoms with Crippen LogP contribution in [-0.2, 0) is 4.79 Å². The van der Waals surface area contributed by atoms with E-state index in [-0.39, 0.29) is 27.9 Å². The van der Waals surface area contributed by atoms with E-state index in [1.165, 1.54) is 19.2 Å². The van der Waals surface area contributed by atoms with Gasteiger partial charge in [0.25, 0.3) is 0 Å². The maximum atomic E-state index is 12.3. The van der Waals surface area contributed by atoms with Crippen molar-refractivity contribution in [2.24, 2.45) is 11.8 Å². The molecule has 0 aromatic carbocycles. The molecule has 1 saturated heterocycles. The molecule has 0 spiro atoms. The van der Waals surface area contributed by atoms with Gasteiger partial charge in [-0.05, 0) is 31.2 Å². The van der Waals surface area contributed by atoms with Crippen LogP contribution in [0.15, 0.2) is 6.33 Å². The molecule has 102 valence electrons. The maximum Gasteiger partial charge on any atom is 0.243 e. The number of nitrogens with zero attached hydrogens (tertiary/aromatic N) is 2. The van der Waals surface area contributed by atoms with Crippen molar-refractivity contribution in [1.29, 1.82) is 0 Å². The van der Waals surface area contributed by atoms with Gasteiger partial charge < -0.3 is 10.6 Å². The predicted octanol–water partition coefficient (Wildman–Crippen LogP) is 2.11. The normalized spacial score (nSPS) is 29.3. The Morgan fingerprint density at radius 3 is 3.05 bits per heavy atom. The topological polar surface area (TPSA) is 66.9 Å². The third kappa shape index (κ3) is 2.42. The second-order valence-corrected chi connectivity index (χ2v) is 5.79. The summed E-state index contributed by atoms with van der Waals surface area (Å²) in [6.07, 6.45) is 4.81. The van der Waals surface area contributed by atoms with Crippen LogP contribution in [0.4, 0.5) is 5.82 Å². The second-order valence-electron chi connectivity index (χ2n) is 5.06. The number of fused-ring (bicyclic) bond motifs is 1. The summed E-state index contributed by atoms with van der Waals surface area (Å²) in [4.78, 5) is 20.0. The lowest BCUT2D eigenvalue weighted by Gasteiger charge is -2.17. The summed E-state index contributed by atoms with van der Waals surface area (Å²) in [6, 6.07) is -0.155. The average molecular weight is 301 g/mol. The number of aromatic nitrogens is 2. The molecule has 1 aromatic heterocycles. The van der Waals surface area contributed by atoms with Crippen LogP contribution < -0.4 is 10.6 Å². The van der Waals surface area contributed by atoms with Crippen molar-refractivity contribution >= 4 is 34.9 Å². The predicted molar refractivity (Wildman–Crippen MR) is 73.3 cm³/mol. The molecule has 2 heterocycles. The van der Waals surface area contributed by atoms with Crippen LogP contribution in [0.2, 0.25) is 10.2 Å². The summed E-state index contributed by atoms with van der Waals surface area (Å²) in [5, 5.41) is 6.34. The van der Waals surface area contributed by atoms with Gasteiger partial charge in [0.2, 0.25) is 5.91 Å². The summed E-state index contributed by atoms with van der Waals surface area (Å²) in [5.74, 6) is 1.23. The van der Waals surface area contributed by atoms with Crippen molar-refractivity contribution < 1.29 is 4.79 Å². The Bertz CT molecular complexity index is 511. The highest BCUT2D eigenvalue weighted by Crippen LogP contribution is 2.38. The van der Waals surface area contributed by atoms with Crippen LogP contribution in [-0.4, -0.2) is 28.5 Å². The summed E-state index contributed by atoms with van der Waals surface area (Å²) >= 11 is 11.8. The number of hydrogen-bond donors (Lipinski definition) is 2. The monoisotopic (exact) mass is 300 g/mol. The second kappa shape index (κ2) is 5.23. The van der Waals surface area contributed by atoms with Gasteiger partial charge in [0.15, 0.2) is 11.0 Å². The number of halogens is 2. The fourth-order valence-electron chi connectivity index (χ4n) is 3.10. The minimum absolute atomic E-state index is 0.0916. The number of carbonyl (C=O) groups is 1. The number of rotatable bonds is 2. The zero-order valence-corrected chi connectivity index (χ0v) is 11.7. The van der Waals surface area contributed by atoms with E-state index in [1.54, 1.807) is 0 Å². The Morgan fingerprint density at radius 2 is 2.21 bits per heavy atom. The zero-order valence-electron chi connectivity index (χ0n) is 10.2. The number of carbonyl (C=O) groups excluding carboxylic acids is 1. The molecule has 3 unspecified atom stereocenters. The van der Waals surface area contributed by atoms with E-state index >= 15 is 0 Å². The van der Waals surface area contributed by atoms with E-state index in [2.05, 4.69) is 20.6 Å². The van der Waals surface area contributed by atoms with Gasteiger partial charge in [-0.25, -0.2) is 9.97 Å². The number of amides is 1. The van der Waals surface area contributed by atoms with Crippen molar-refractivity contribution in [2.75, 3.05) is 11.9 Å². The summed E-state index contributed by atoms with van der Waals surface area (Å²) in [7, 11) is 0. The highest BCUT2D eigenvalue weighted by Gasteiger charge is 2.42. The van der Waals surface area contributed by atoms with Gasteiger partial charge in [-0.3, -0.25) is 4.79 Å². The highest BCUT2D eigenvalue weighted by molar-refractivity contribution is 6.42. The van der Waals surface area contributed by atoms with Crippen molar-refractivity contribution in [1.82, 2.24) is 15.3 Å². The quantitative estimate of drug-likeness (QED) is 0.821. The molecule has 1 saturated carbocycles. The van der Waals surface area contributed by atoms with Crippen molar-refractivity contribution in [2.45, 2.75) is 25.3 Å². The Hall–Kier alpha value is -0.910. The molecule has 2 aliphatic rings. The summed E-state index contributed by atoms with van der Waals surface area (Å²) in [5.41, 5.74) is 0. The third-order valence-electron chi connectivity index (χ3n) is 4.02. The van der Waals surface area contributed by atoms with Crippen molar-refractivity contribution in [3.8, 4) is 0 Å². The Labute approximate surface area is 121 Å². The molecule has 2 N–H and O–H groups in total. The van der Waals surface area contributed by atoms with Crippen molar-refractivity contribution in [3.05, 3.63) is 16.5 Å². The van der Waals surface area contributed by atoms with Gasteiger partial charge in [-0.1, -0.05) is 29.6 Å². The van der Waals surface area contributed by atoms with E-state index in [0.29, 0.717) is 11.8 Å². The smallest absolute Gasteiger partial charge is 0.243 e. The molecule has 1 aromatic rings. The van der Waals surface area contributed by atoms with Crippen LogP contribution in [0.5, 0.6) is 0 Å². The fourth-order valence-corrected chi connectivity index (χ4v) is 3.38. The van der Waals surface area contributed by atoms with E-state index in [1.807, 2.05) is 0 Å². The molecule has 3 atom stereocenters. The molecular weight excluding hydrogens is 287 g/mol.